The van der Waals surface area contributed by atoms with E-state index in [4.69, 9.17) is 0 Å². The number of rotatable bonds is 4. The number of nitro groups is 2. The second-order valence-corrected chi connectivity index (χ2v) is 7.16. The molecule has 1 N–H and O–H groups in total. The minimum Gasteiger partial charge on any atom is -0.390 e. The van der Waals surface area contributed by atoms with Crippen LogP contribution in [0.25, 0.3) is 0 Å². The zero-order chi connectivity index (χ0) is 16.7. The van der Waals surface area contributed by atoms with Crippen LogP contribution in [0.3, 0.4) is 0 Å². The van der Waals surface area contributed by atoms with Crippen LogP contribution in [0.4, 0.5) is 17.1 Å². The first kappa shape index (κ1) is 16.1. The summed E-state index contributed by atoms with van der Waals surface area (Å²) in [6.45, 7) is 0. The number of nitro benzene ring substituents is 2. The molecule has 10 nitrogen and oxygen atoms in total. The maximum atomic E-state index is 11.5. The highest BCUT2D eigenvalue weighted by Crippen LogP contribution is 2.34. The van der Waals surface area contributed by atoms with E-state index in [1.807, 2.05) is 0 Å². The van der Waals surface area contributed by atoms with Crippen LogP contribution in [0.2, 0.25) is 0 Å². The van der Waals surface area contributed by atoms with Crippen molar-refractivity contribution >= 4 is 26.9 Å². The number of aliphatic hydroxyl groups excluding tert-OH is 1. The van der Waals surface area contributed by atoms with Crippen molar-refractivity contribution in [3.8, 4) is 0 Å². The lowest BCUT2D eigenvalue weighted by Gasteiger charge is -2.27. The third-order valence-electron chi connectivity index (χ3n) is 3.54. The van der Waals surface area contributed by atoms with E-state index in [1.165, 1.54) is 18.0 Å². The van der Waals surface area contributed by atoms with Crippen molar-refractivity contribution in [3.63, 3.8) is 0 Å². The van der Waals surface area contributed by atoms with Gasteiger partial charge in [-0.1, -0.05) is 0 Å². The second-order valence-electron chi connectivity index (χ2n) is 5.01. The quantitative estimate of drug-likeness (QED) is 0.604. The van der Waals surface area contributed by atoms with Gasteiger partial charge in [-0.25, -0.2) is 8.42 Å². The van der Waals surface area contributed by atoms with Crippen LogP contribution in [0, 0.1) is 20.2 Å². The van der Waals surface area contributed by atoms with Crippen LogP contribution in [0.5, 0.6) is 0 Å². The monoisotopic (exact) mass is 331 g/mol. The van der Waals surface area contributed by atoms with Crippen molar-refractivity contribution in [1.29, 1.82) is 0 Å². The number of non-ortho nitro benzene ring substituents is 1. The smallest absolute Gasteiger partial charge is 0.299 e. The summed E-state index contributed by atoms with van der Waals surface area (Å²) in [5, 5.41) is 31.6. The minimum absolute atomic E-state index is 0.0109. The van der Waals surface area contributed by atoms with E-state index in [9.17, 15) is 33.8 Å². The van der Waals surface area contributed by atoms with E-state index >= 15 is 0 Å². The first-order valence-electron chi connectivity index (χ1n) is 6.16. The van der Waals surface area contributed by atoms with Gasteiger partial charge in [0.2, 0.25) is 0 Å². The molecule has 0 saturated carbocycles. The van der Waals surface area contributed by atoms with E-state index in [0.29, 0.717) is 0 Å². The van der Waals surface area contributed by atoms with E-state index in [0.717, 1.165) is 12.1 Å². The van der Waals surface area contributed by atoms with Crippen LogP contribution < -0.4 is 4.90 Å². The van der Waals surface area contributed by atoms with Gasteiger partial charge in [0.05, 0.1) is 39.6 Å². The summed E-state index contributed by atoms with van der Waals surface area (Å²) in [5.74, 6) is -0.748. The maximum Gasteiger partial charge on any atom is 0.299 e. The van der Waals surface area contributed by atoms with Gasteiger partial charge in [-0.2, -0.15) is 0 Å². The van der Waals surface area contributed by atoms with Crippen molar-refractivity contribution in [2.75, 3.05) is 23.5 Å². The lowest BCUT2D eigenvalue weighted by atomic mass is 10.1. The molecule has 1 aliphatic rings. The third-order valence-corrected chi connectivity index (χ3v) is 5.24. The number of likely N-dealkylation sites (N-methyl/N-ethyl adjacent to an activating group) is 1. The van der Waals surface area contributed by atoms with Gasteiger partial charge < -0.3 is 10.0 Å². The summed E-state index contributed by atoms with van der Waals surface area (Å²) in [6, 6.07) is 2.23. The fraction of sp³-hybridized carbons (Fsp3) is 0.455. The summed E-state index contributed by atoms with van der Waals surface area (Å²) in [7, 11) is -2.02. The van der Waals surface area contributed by atoms with E-state index < -0.39 is 49.0 Å². The fourth-order valence-corrected chi connectivity index (χ4v) is 4.27. The Bertz CT molecular complexity index is 733. The standard InChI is InChI=1S/C11H13N3O7S/c1-12(10-5-22(20,21)6-11(10)15)8-3-2-7(13(16)17)4-9(8)14(18)19/h2-4,10-11,15H,5-6H2,1H3. The molecule has 0 amide bonds. The van der Waals surface area contributed by atoms with Crippen LogP contribution in [0.1, 0.15) is 0 Å². The van der Waals surface area contributed by atoms with Crippen molar-refractivity contribution in [3.05, 3.63) is 38.4 Å². The van der Waals surface area contributed by atoms with Gasteiger partial charge in [0.25, 0.3) is 11.4 Å². The molecule has 0 bridgehead atoms. The van der Waals surface area contributed by atoms with Gasteiger partial charge in [0, 0.05) is 13.1 Å². The second kappa shape index (κ2) is 5.50. The lowest BCUT2D eigenvalue weighted by molar-refractivity contribution is -0.393. The molecule has 2 atom stereocenters. The number of hydrogen-bond acceptors (Lipinski definition) is 8. The average Bonchev–Trinajstić information content (AvgIpc) is 2.70. The summed E-state index contributed by atoms with van der Waals surface area (Å²) in [4.78, 5) is 21.5. The molecule has 0 spiro atoms. The normalized spacial score (nSPS) is 23.2. The topological polar surface area (TPSA) is 144 Å². The van der Waals surface area contributed by atoms with Crippen LogP contribution >= 0.6 is 0 Å². The maximum absolute atomic E-state index is 11.5. The molecule has 1 aromatic rings. The molecule has 1 saturated heterocycles. The van der Waals surface area contributed by atoms with Crippen molar-refractivity contribution in [2.45, 2.75) is 12.1 Å². The molecule has 2 rings (SSSR count). The number of aliphatic hydroxyl groups is 1. The molecule has 0 radical (unpaired) electrons. The first-order chi connectivity index (χ1) is 10.1. The SMILES string of the molecule is CN(c1ccc([N+](=O)[O-])cc1[N+](=O)[O-])C1CS(=O)(=O)CC1O. The molecule has 2 unspecified atom stereocenters. The number of nitrogens with zero attached hydrogens (tertiary/aromatic N) is 3. The summed E-state index contributed by atoms with van der Waals surface area (Å²) >= 11 is 0. The molecule has 1 heterocycles. The first-order valence-corrected chi connectivity index (χ1v) is 7.98. The zero-order valence-corrected chi connectivity index (χ0v) is 12.3. The molecule has 1 fully saturated rings. The summed E-state index contributed by atoms with van der Waals surface area (Å²) in [6.07, 6.45) is -1.18. The van der Waals surface area contributed by atoms with Crippen LogP contribution in [0.15, 0.2) is 18.2 Å². The van der Waals surface area contributed by atoms with Gasteiger partial charge in [0.1, 0.15) is 5.69 Å². The summed E-state index contributed by atoms with van der Waals surface area (Å²) in [5.41, 5.74) is -0.951. The van der Waals surface area contributed by atoms with E-state index in [2.05, 4.69) is 0 Å². The molecule has 11 heteroatoms. The largest absolute Gasteiger partial charge is 0.390 e. The van der Waals surface area contributed by atoms with Gasteiger partial charge in [0.15, 0.2) is 9.84 Å². The Hall–Kier alpha value is -2.27. The Morgan fingerprint density at radius 2 is 1.86 bits per heavy atom. The lowest BCUT2D eigenvalue weighted by Crippen LogP contribution is -2.40. The molecule has 0 aliphatic carbocycles. The minimum atomic E-state index is -3.42. The molecule has 0 aromatic heterocycles. The Balaban J connectivity index is 2.43. The van der Waals surface area contributed by atoms with Crippen LogP contribution in [-0.2, 0) is 9.84 Å². The predicted molar refractivity (Wildman–Crippen MR) is 76.6 cm³/mol. The molecule has 120 valence electrons. The number of benzene rings is 1. The zero-order valence-electron chi connectivity index (χ0n) is 11.4. The van der Waals surface area contributed by atoms with Gasteiger partial charge >= 0.3 is 0 Å². The van der Waals surface area contributed by atoms with E-state index in [-0.39, 0.29) is 11.4 Å². The van der Waals surface area contributed by atoms with E-state index in [1.54, 1.807) is 0 Å². The van der Waals surface area contributed by atoms with Crippen molar-refractivity contribution < 1.29 is 23.4 Å². The Morgan fingerprint density at radius 1 is 1.23 bits per heavy atom. The van der Waals surface area contributed by atoms with Crippen molar-refractivity contribution in [2.24, 2.45) is 0 Å². The fourth-order valence-electron chi connectivity index (χ4n) is 2.43. The predicted octanol–water partition coefficient (Wildman–Crippen LogP) is 0.0971. The number of anilines is 1. The Kier molecular flexibility index (Phi) is 4.02. The van der Waals surface area contributed by atoms with Gasteiger partial charge in [-0.05, 0) is 6.07 Å². The highest BCUT2D eigenvalue weighted by atomic mass is 32.2. The average molecular weight is 331 g/mol. The molecule has 1 aliphatic heterocycles. The Morgan fingerprint density at radius 3 is 2.32 bits per heavy atom. The molecular formula is C11H13N3O7S. The molecular weight excluding hydrogens is 318 g/mol. The number of hydrogen-bond donors (Lipinski definition) is 1. The third kappa shape index (κ3) is 2.99. The number of sulfone groups is 1. The van der Waals surface area contributed by atoms with Gasteiger partial charge in [-0.3, -0.25) is 20.2 Å². The summed E-state index contributed by atoms with van der Waals surface area (Å²) < 4.78 is 23.1. The highest BCUT2D eigenvalue weighted by molar-refractivity contribution is 7.91. The highest BCUT2D eigenvalue weighted by Gasteiger charge is 2.40. The van der Waals surface area contributed by atoms with Gasteiger partial charge in [-0.15, -0.1) is 0 Å². The molecule has 1 aromatic carbocycles. The molecule has 22 heavy (non-hydrogen) atoms. The van der Waals surface area contributed by atoms with Crippen molar-refractivity contribution in [1.82, 2.24) is 0 Å². The Labute approximate surface area is 125 Å². The van der Waals surface area contributed by atoms with Crippen LogP contribution in [-0.4, -0.2) is 54.1 Å².